The highest BCUT2D eigenvalue weighted by Gasteiger charge is 2.34. The minimum atomic E-state index is -0.943. The molecule has 0 bridgehead atoms. The molecule has 1 aromatic carbocycles. The SMILES string of the molecule is CCc1sc(C(=O)N2CCc3cc(OC)c(OC)cc3[C@H]2CC(=O)O)cc1C. The molecular weight excluding hydrogens is 378 g/mol. The standard InChI is InChI=1S/C21H25NO5S/c1-5-18-12(2)8-19(28-18)21(25)22-7-6-13-9-16(26-3)17(27-4)10-14(13)15(22)11-20(23)24/h8-10,15H,5-7,11H2,1-4H3,(H,23,24)/t15-/m1/s1. The van der Waals surface area contributed by atoms with Crippen LogP contribution in [0.1, 0.15) is 50.6 Å². The molecule has 1 N–H and O–H groups in total. The predicted molar refractivity (Wildman–Crippen MR) is 108 cm³/mol. The predicted octanol–water partition coefficient (Wildman–Crippen LogP) is 3.85. The Morgan fingerprint density at radius 1 is 1.21 bits per heavy atom. The van der Waals surface area contributed by atoms with E-state index in [4.69, 9.17) is 9.47 Å². The first-order valence-corrected chi connectivity index (χ1v) is 10.1. The molecule has 0 unspecified atom stereocenters. The lowest BCUT2D eigenvalue weighted by atomic mass is 9.89. The molecule has 0 aliphatic carbocycles. The fourth-order valence-electron chi connectivity index (χ4n) is 3.77. The molecule has 2 aromatic rings. The van der Waals surface area contributed by atoms with E-state index in [9.17, 15) is 14.7 Å². The number of rotatable bonds is 6. The van der Waals surface area contributed by atoms with E-state index >= 15 is 0 Å². The maximum Gasteiger partial charge on any atom is 0.305 e. The van der Waals surface area contributed by atoms with E-state index in [1.54, 1.807) is 25.2 Å². The highest BCUT2D eigenvalue weighted by Crippen LogP contribution is 2.40. The number of methoxy groups -OCH3 is 2. The number of amides is 1. The molecule has 3 rings (SSSR count). The Morgan fingerprint density at radius 3 is 2.46 bits per heavy atom. The number of ether oxygens (including phenoxy) is 2. The minimum Gasteiger partial charge on any atom is -0.493 e. The van der Waals surface area contributed by atoms with Gasteiger partial charge in [0.1, 0.15) is 0 Å². The van der Waals surface area contributed by atoms with Crippen molar-refractivity contribution in [2.45, 2.75) is 39.2 Å². The Morgan fingerprint density at radius 2 is 1.89 bits per heavy atom. The van der Waals surface area contributed by atoms with Crippen molar-refractivity contribution in [2.24, 2.45) is 0 Å². The maximum absolute atomic E-state index is 13.2. The number of hydrogen-bond acceptors (Lipinski definition) is 5. The van der Waals surface area contributed by atoms with Crippen LogP contribution in [0.4, 0.5) is 0 Å². The number of hydrogen-bond donors (Lipinski definition) is 1. The number of fused-ring (bicyclic) bond motifs is 1. The summed E-state index contributed by atoms with van der Waals surface area (Å²) in [5.74, 6) is 0.0873. The quantitative estimate of drug-likeness (QED) is 0.793. The molecule has 7 heteroatoms. The molecule has 1 aliphatic heterocycles. The van der Waals surface area contributed by atoms with Crippen LogP contribution in [0.15, 0.2) is 18.2 Å². The second-order valence-corrected chi connectivity index (χ2v) is 7.98. The molecule has 0 saturated heterocycles. The molecule has 150 valence electrons. The average Bonchev–Trinajstić information content (AvgIpc) is 3.07. The molecule has 0 radical (unpaired) electrons. The summed E-state index contributed by atoms with van der Waals surface area (Å²) in [5.41, 5.74) is 2.91. The van der Waals surface area contributed by atoms with Gasteiger partial charge < -0.3 is 19.5 Å². The van der Waals surface area contributed by atoms with Gasteiger partial charge in [0.15, 0.2) is 11.5 Å². The van der Waals surface area contributed by atoms with Gasteiger partial charge in [0.25, 0.3) is 5.91 Å². The molecule has 0 fully saturated rings. The summed E-state index contributed by atoms with van der Waals surface area (Å²) in [6.45, 7) is 4.54. The van der Waals surface area contributed by atoms with E-state index < -0.39 is 12.0 Å². The van der Waals surface area contributed by atoms with Crippen molar-refractivity contribution in [3.05, 3.63) is 44.6 Å². The molecule has 28 heavy (non-hydrogen) atoms. The van der Waals surface area contributed by atoms with Crippen LogP contribution < -0.4 is 9.47 Å². The molecule has 1 aromatic heterocycles. The van der Waals surface area contributed by atoms with Crippen LogP contribution in [0.5, 0.6) is 11.5 Å². The zero-order valence-corrected chi connectivity index (χ0v) is 17.4. The molecule has 6 nitrogen and oxygen atoms in total. The van der Waals surface area contributed by atoms with Gasteiger partial charge in [-0.05, 0) is 54.7 Å². The number of carbonyl (C=O) groups is 2. The lowest BCUT2D eigenvalue weighted by Gasteiger charge is -2.37. The van der Waals surface area contributed by atoms with Gasteiger partial charge in [-0.2, -0.15) is 0 Å². The maximum atomic E-state index is 13.2. The Hall–Kier alpha value is -2.54. The summed E-state index contributed by atoms with van der Waals surface area (Å²) in [6, 6.07) is 5.06. The third-order valence-electron chi connectivity index (χ3n) is 5.18. The van der Waals surface area contributed by atoms with E-state index in [0.29, 0.717) is 29.3 Å². The largest absolute Gasteiger partial charge is 0.493 e. The van der Waals surface area contributed by atoms with Crippen molar-refractivity contribution in [2.75, 3.05) is 20.8 Å². The fraction of sp³-hybridized carbons (Fsp3) is 0.429. The molecule has 0 spiro atoms. The van der Waals surface area contributed by atoms with Gasteiger partial charge in [-0.3, -0.25) is 9.59 Å². The Balaban J connectivity index is 2.02. The Bertz CT molecular complexity index is 904. The number of aliphatic carboxylic acids is 1. The first-order chi connectivity index (χ1) is 13.4. The average molecular weight is 404 g/mol. The van der Waals surface area contributed by atoms with E-state index in [0.717, 1.165) is 23.1 Å². The number of benzene rings is 1. The van der Waals surface area contributed by atoms with E-state index in [2.05, 4.69) is 6.92 Å². The second-order valence-electron chi connectivity index (χ2n) is 6.84. The van der Waals surface area contributed by atoms with Crippen LogP contribution in [0, 0.1) is 6.92 Å². The summed E-state index contributed by atoms with van der Waals surface area (Å²) in [4.78, 5) is 28.4. The topological polar surface area (TPSA) is 76.1 Å². The minimum absolute atomic E-state index is 0.112. The number of carboxylic acid groups (broad SMARTS) is 1. The normalized spacial score (nSPS) is 15.9. The van der Waals surface area contributed by atoms with Gasteiger partial charge in [-0.15, -0.1) is 11.3 Å². The van der Waals surface area contributed by atoms with Gasteiger partial charge in [-0.1, -0.05) is 6.92 Å². The van der Waals surface area contributed by atoms with Crippen LogP contribution in [0.3, 0.4) is 0 Å². The summed E-state index contributed by atoms with van der Waals surface area (Å²) in [6.07, 6.45) is 1.36. The smallest absolute Gasteiger partial charge is 0.305 e. The van der Waals surface area contributed by atoms with Gasteiger partial charge in [-0.25, -0.2) is 0 Å². The summed E-state index contributed by atoms with van der Waals surface area (Å²) < 4.78 is 10.8. The Labute approximate surface area is 168 Å². The zero-order valence-electron chi connectivity index (χ0n) is 16.6. The van der Waals surface area contributed by atoms with E-state index in [1.807, 2.05) is 19.1 Å². The highest BCUT2D eigenvalue weighted by molar-refractivity contribution is 7.14. The molecule has 1 atom stereocenters. The number of thiophene rings is 1. The van der Waals surface area contributed by atoms with Crippen molar-refractivity contribution < 1.29 is 24.2 Å². The molecule has 1 amide bonds. The fourth-order valence-corrected chi connectivity index (χ4v) is 4.84. The van der Waals surface area contributed by atoms with Gasteiger partial charge >= 0.3 is 5.97 Å². The first kappa shape index (κ1) is 20.2. The second kappa shape index (κ2) is 8.22. The van der Waals surface area contributed by atoms with Crippen molar-refractivity contribution >= 4 is 23.2 Å². The van der Waals surface area contributed by atoms with E-state index in [-0.39, 0.29) is 12.3 Å². The van der Waals surface area contributed by atoms with Crippen molar-refractivity contribution in [1.82, 2.24) is 4.90 Å². The number of nitrogens with zero attached hydrogens (tertiary/aromatic N) is 1. The number of carbonyl (C=O) groups excluding carboxylic acids is 1. The van der Waals surface area contributed by atoms with Crippen molar-refractivity contribution in [3.63, 3.8) is 0 Å². The van der Waals surface area contributed by atoms with E-state index in [1.165, 1.54) is 16.2 Å². The zero-order chi connectivity index (χ0) is 20.4. The monoisotopic (exact) mass is 403 g/mol. The first-order valence-electron chi connectivity index (χ1n) is 9.26. The molecular formula is C21H25NO5S. The summed E-state index contributed by atoms with van der Waals surface area (Å²) >= 11 is 1.49. The highest BCUT2D eigenvalue weighted by atomic mass is 32.1. The van der Waals surface area contributed by atoms with Crippen LogP contribution in [0.2, 0.25) is 0 Å². The third kappa shape index (κ3) is 3.71. The Kier molecular flexibility index (Phi) is 5.93. The van der Waals surface area contributed by atoms with Gasteiger partial charge in [0, 0.05) is 11.4 Å². The molecule has 2 heterocycles. The third-order valence-corrected chi connectivity index (χ3v) is 6.55. The van der Waals surface area contributed by atoms with Crippen molar-refractivity contribution in [3.8, 4) is 11.5 Å². The molecule has 1 aliphatic rings. The lowest BCUT2D eigenvalue weighted by molar-refractivity contribution is -0.138. The van der Waals surface area contributed by atoms with Crippen LogP contribution >= 0.6 is 11.3 Å². The number of carboxylic acids is 1. The summed E-state index contributed by atoms with van der Waals surface area (Å²) in [5, 5.41) is 9.48. The lowest BCUT2D eigenvalue weighted by Crippen LogP contribution is -2.40. The molecule has 0 saturated carbocycles. The van der Waals surface area contributed by atoms with Gasteiger partial charge in [0.2, 0.25) is 0 Å². The number of aryl methyl sites for hydroxylation is 2. The van der Waals surface area contributed by atoms with Crippen LogP contribution in [0.25, 0.3) is 0 Å². The van der Waals surface area contributed by atoms with Gasteiger partial charge in [0.05, 0.1) is 31.6 Å². The summed E-state index contributed by atoms with van der Waals surface area (Å²) in [7, 11) is 3.12. The van der Waals surface area contributed by atoms with Crippen LogP contribution in [-0.2, 0) is 17.6 Å². The van der Waals surface area contributed by atoms with Crippen molar-refractivity contribution in [1.29, 1.82) is 0 Å². The van der Waals surface area contributed by atoms with Crippen LogP contribution in [-0.4, -0.2) is 42.6 Å².